The molecular weight excluding hydrogens is 504 g/mol. The molecule has 0 N–H and O–H groups in total. The second kappa shape index (κ2) is 11.6. The SMILES string of the molecule is C=CC[C@H]1O[C@H](COC(C)=O)[C@H](OC(C)=O)[C@H](n2cc(-c3ccc(Cl)c(F)c3F)nn2)[C@H]1OC(C)=O. The van der Waals surface area contributed by atoms with Gasteiger partial charge < -0.3 is 18.9 Å². The van der Waals surface area contributed by atoms with Gasteiger partial charge >= 0.3 is 17.9 Å². The molecule has 36 heavy (non-hydrogen) atoms. The van der Waals surface area contributed by atoms with E-state index in [0.717, 1.165) is 6.92 Å². The van der Waals surface area contributed by atoms with E-state index < -0.39 is 65.0 Å². The second-order valence-electron chi connectivity index (χ2n) is 7.99. The van der Waals surface area contributed by atoms with Gasteiger partial charge in [-0.2, -0.15) is 0 Å². The van der Waals surface area contributed by atoms with Crippen LogP contribution in [0.25, 0.3) is 11.3 Å². The molecule has 0 radical (unpaired) electrons. The standard InChI is InChI=1S/C23H24ClF2N3O7/c1-5-6-17-22(34-12(3)31)21(23(35-13(4)32)18(36-17)10-33-11(2)30)29-9-16(27-28-29)14-7-8-15(24)20(26)19(14)25/h5,7-9,17-18,21-23H,1,6,10H2,2-4H3/t17-,18-,21-,22+,23+/m1/s1. The Bertz CT molecular complexity index is 1160. The number of halogens is 3. The van der Waals surface area contributed by atoms with Crippen molar-refractivity contribution in [3.8, 4) is 11.3 Å². The molecule has 10 nitrogen and oxygen atoms in total. The zero-order valence-corrected chi connectivity index (χ0v) is 20.4. The van der Waals surface area contributed by atoms with Gasteiger partial charge in [0, 0.05) is 26.3 Å². The van der Waals surface area contributed by atoms with E-state index in [9.17, 15) is 23.2 Å². The first-order valence-corrected chi connectivity index (χ1v) is 11.2. The van der Waals surface area contributed by atoms with Crippen molar-refractivity contribution < 1.29 is 42.1 Å². The average molecular weight is 528 g/mol. The van der Waals surface area contributed by atoms with Crippen molar-refractivity contribution in [1.82, 2.24) is 15.0 Å². The molecule has 2 aromatic rings. The van der Waals surface area contributed by atoms with Gasteiger partial charge in [0.05, 0.1) is 11.2 Å². The number of hydrogen-bond donors (Lipinski definition) is 0. The average Bonchev–Trinajstić information content (AvgIpc) is 3.27. The fourth-order valence-corrected chi connectivity index (χ4v) is 4.08. The van der Waals surface area contributed by atoms with Crippen LogP contribution in [0.4, 0.5) is 8.78 Å². The van der Waals surface area contributed by atoms with Crippen molar-refractivity contribution >= 4 is 29.5 Å². The Morgan fingerprint density at radius 2 is 1.72 bits per heavy atom. The van der Waals surface area contributed by atoms with Crippen LogP contribution < -0.4 is 0 Å². The molecule has 13 heteroatoms. The molecule has 0 unspecified atom stereocenters. The van der Waals surface area contributed by atoms with Crippen LogP contribution in [0.3, 0.4) is 0 Å². The summed E-state index contributed by atoms with van der Waals surface area (Å²) in [6.45, 7) is 6.95. The van der Waals surface area contributed by atoms with Crippen molar-refractivity contribution in [2.45, 2.75) is 57.6 Å². The summed E-state index contributed by atoms with van der Waals surface area (Å²) in [5, 5.41) is 7.54. The zero-order chi connectivity index (χ0) is 26.6. The molecule has 2 heterocycles. The fourth-order valence-electron chi connectivity index (χ4n) is 3.94. The Balaban J connectivity index is 2.11. The first-order chi connectivity index (χ1) is 17.0. The third-order valence-electron chi connectivity index (χ3n) is 5.34. The summed E-state index contributed by atoms with van der Waals surface area (Å²) >= 11 is 5.64. The predicted molar refractivity (Wildman–Crippen MR) is 121 cm³/mol. The lowest BCUT2D eigenvalue weighted by atomic mass is 9.90. The lowest BCUT2D eigenvalue weighted by Gasteiger charge is -2.44. The number of hydrogen-bond acceptors (Lipinski definition) is 9. The van der Waals surface area contributed by atoms with Crippen LogP contribution in [-0.2, 0) is 33.3 Å². The summed E-state index contributed by atoms with van der Waals surface area (Å²) in [6, 6.07) is 1.36. The largest absolute Gasteiger partial charge is 0.463 e. The number of aromatic nitrogens is 3. The minimum Gasteiger partial charge on any atom is -0.463 e. The molecule has 0 amide bonds. The van der Waals surface area contributed by atoms with Crippen LogP contribution >= 0.6 is 11.6 Å². The number of carbonyl (C=O) groups excluding carboxylic acids is 3. The second-order valence-corrected chi connectivity index (χ2v) is 8.39. The summed E-state index contributed by atoms with van der Waals surface area (Å²) in [4.78, 5) is 35.4. The first kappa shape index (κ1) is 27.2. The van der Waals surface area contributed by atoms with E-state index in [1.807, 2.05) is 0 Å². The maximum Gasteiger partial charge on any atom is 0.303 e. The van der Waals surface area contributed by atoms with Crippen molar-refractivity contribution in [3.05, 3.63) is 47.6 Å². The molecule has 194 valence electrons. The summed E-state index contributed by atoms with van der Waals surface area (Å²) < 4.78 is 51.9. The van der Waals surface area contributed by atoms with E-state index in [0.29, 0.717) is 0 Å². The van der Waals surface area contributed by atoms with Gasteiger partial charge in [-0.25, -0.2) is 13.5 Å². The molecule has 0 bridgehead atoms. The quantitative estimate of drug-likeness (QED) is 0.221. The van der Waals surface area contributed by atoms with Crippen molar-refractivity contribution in [1.29, 1.82) is 0 Å². The lowest BCUT2D eigenvalue weighted by molar-refractivity contribution is -0.228. The molecule has 1 fully saturated rings. The summed E-state index contributed by atoms with van der Waals surface area (Å²) in [5.41, 5.74) is -0.281. The Labute approximate surface area is 210 Å². The molecule has 0 aliphatic carbocycles. The van der Waals surface area contributed by atoms with Crippen LogP contribution in [0.15, 0.2) is 31.0 Å². The number of esters is 3. The highest BCUT2D eigenvalue weighted by atomic mass is 35.5. The predicted octanol–water partition coefficient (Wildman–Crippen LogP) is 3.19. The van der Waals surface area contributed by atoms with Crippen molar-refractivity contribution in [2.24, 2.45) is 0 Å². The highest BCUT2D eigenvalue weighted by molar-refractivity contribution is 6.30. The Kier molecular flexibility index (Phi) is 8.75. The smallest absolute Gasteiger partial charge is 0.303 e. The zero-order valence-electron chi connectivity index (χ0n) is 19.7. The van der Waals surface area contributed by atoms with Gasteiger partial charge in [0.15, 0.2) is 23.8 Å². The van der Waals surface area contributed by atoms with Gasteiger partial charge in [-0.05, 0) is 18.6 Å². The highest BCUT2D eigenvalue weighted by Gasteiger charge is 2.51. The van der Waals surface area contributed by atoms with Gasteiger partial charge in [-0.15, -0.1) is 11.7 Å². The molecule has 0 saturated carbocycles. The molecule has 1 aliphatic rings. The first-order valence-electron chi connectivity index (χ1n) is 10.8. The highest BCUT2D eigenvalue weighted by Crippen LogP contribution is 2.37. The normalized spacial score (nSPS) is 23.6. The Hall–Kier alpha value is -3.38. The maximum absolute atomic E-state index is 14.5. The molecule has 3 rings (SSSR count). The third kappa shape index (κ3) is 6.05. The van der Waals surface area contributed by atoms with Gasteiger partial charge in [0.1, 0.15) is 30.6 Å². The van der Waals surface area contributed by atoms with Gasteiger partial charge in [-0.1, -0.05) is 22.9 Å². The Morgan fingerprint density at radius 3 is 2.31 bits per heavy atom. The maximum atomic E-state index is 14.5. The van der Waals surface area contributed by atoms with E-state index in [1.54, 1.807) is 0 Å². The van der Waals surface area contributed by atoms with E-state index in [4.69, 9.17) is 30.5 Å². The molecule has 1 aromatic heterocycles. The van der Waals surface area contributed by atoms with Crippen LogP contribution in [0.2, 0.25) is 5.02 Å². The number of nitrogens with zero attached hydrogens (tertiary/aromatic N) is 3. The van der Waals surface area contributed by atoms with Gasteiger partial charge in [0.25, 0.3) is 0 Å². The minimum atomic E-state index is -1.25. The Morgan fingerprint density at radius 1 is 1.08 bits per heavy atom. The monoisotopic (exact) mass is 527 g/mol. The topological polar surface area (TPSA) is 119 Å². The van der Waals surface area contributed by atoms with Crippen LogP contribution in [0.5, 0.6) is 0 Å². The van der Waals surface area contributed by atoms with E-state index in [2.05, 4.69) is 16.9 Å². The fraction of sp³-hybridized carbons (Fsp3) is 0.435. The lowest BCUT2D eigenvalue weighted by Crippen LogP contribution is -2.58. The minimum absolute atomic E-state index is 0.0606. The van der Waals surface area contributed by atoms with Crippen molar-refractivity contribution in [3.63, 3.8) is 0 Å². The molecular formula is C23H24ClF2N3O7. The van der Waals surface area contributed by atoms with Crippen LogP contribution in [0, 0.1) is 11.6 Å². The number of rotatable bonds is 8. The van der Waals surface area contributed by atoms with E-state index in [1.165, 1.54) is 42.9 Å². The summed E-state index contributed by atoms with van der Waals surface area (Å²) in [6.07, 6.45) is -1.02. The van der Waals surface area contributed by atoms with Gasteiger partial charge in [-0.3, -0.25) is 14.4 Å². The number of carbonyl (C=O) groups is 3. The number of ether oxygens (including phenoxy) is 4. The molecule has 0 spiro atoms. The van der Waals surface area contributed by atoms with E-state index >= 15 is 0 Å². The molecule has 5 atom stereocenters. The van der Waals surface area contributed by atoms with Crippen LogP contribution in [0.1, 0.15) is 33.2 Å². The third-order valence-corrected chi connectivity index (χ3v) is 5.63. The van der Waals surface area contributed by atoms with Crippen LogP contribution in [-0.4, -0.2) is 63.9 Å². The van der Waals surface area contributed by atoms with Gasteiger partial charge in [0.2, 0.25) is 0 Å². The molecule has 1 aliphatic heterocycles. The summed E-state index contributed by atoms with van der Waals surface area (Å²) in [7, 11) is 0. The number of benzene rings is 1. The summed E-state index contributed by atoms with van der Waals surface area (Å²) in [5.74, 6) is -4.43. The van der Waals surface area contributed by atoms with E-state index in [-0.39, 0.29) is 24.3 Å². The molecule has 1 aromatic carbocycles. The van der Waals surface area contributed by atoms with Crippen molar-refractivity contribution in [2.75, 3.05) is 6.61 Å². The molecule has 1 saturated heterocycles.